The summed E-state index contributed by atoms with van der Waals surface area (Å²) >= 11 is 0. The Morgan fingerprint density at radius 3 is 2.06 bits per heavy atom. The molecule has 1 aromatic heterocycles. The summed E-state index contributed by atoms with van der Waals surface area (Å²) in [4.78, 5) is 0. The summed E-state index contributed by atoms with van der Waals surface area (Å²) in [5.74, 6) is 1.16. The first kappa shape index (κ1) is 21.3. The first-order valence-corrected chi connectivity index (χ1v) is 10.4. The average Bonchev–Trinajstić information content (AvgIpc) is 2.81. The number of aromatic nitrogens is 1. The number of hydrogen-bond donors (Lipinski definition) is 3. The van der Waals surface area contributed by atoms with E-state index in [1.54, 1.807) is 14.2 Å². The van der Waals surface area contributed by atoms with Crippen LogP contribution in [0, 0.1) is 0 Å². The van der Waals surface area contributed by atoms with Crippen LogP contribution in [0.15, 0.2) is 36.7 Å². The van der Waals surface area contributed by atoms with Crippen molar-refractivity contribution in [3.63, 3.8) is 0 Å². The normalized spacial score (nSPS) is 11.5. The fourth-order valence-corrected chi connectivity index (χ4v) is 4.56. The fourth-order valence-electron chi connectivity index (χ4n) is 4.56. The molecule has 0 saturated heterocycles. The van der Waals surface area contributed by atoms with Gasteiger partial charge >= 0.3 is 0 Å². The highest BCUT2D eigenvalue weighted by Crippen LogP contribution is 2.42. The number of aliphatic hydroxyl groups excluding tert-OH is 3. The number of ether oxygens (including phenoxy) is 2. The summed E-state index contributed by atoms with van der Waals surface area (Å²) < 4.78 is 13.3. The number of pyridine rings is 1. The first-order chi connectivity index (χ1) is 15.1. The predicted molar refractivity (Wildman–Crippen MR) is 120 cm³/mol. The lowest BCUT2D eigenvalue weighted by Gasteiger charge is -2.19. The monoisotopic (exact) mass is 422 g/mol. The number of aliphatic hydroxyl groups is 3. The average molecular weight is 423 g/mol. The molecule has 4 aromatic rings. The summed E-state index contributed by atoms with van der Waals surface area (Å²) in [7, 11) is 3.16. The highest BCUT2D eigenvalue weighted by Gasteiger charge is 2.21. The molecule has 0 aliphatic carbocycles. The van der Waals surface area contributed by atoms with E-state index in [1.807, 2.05) is 18.2 Å². The lowest BCUT2D eigenvalue weighted by atomic mass is 9.89. The minimum atomic E-state index is -0.247. The molecule has 3 aromatic carbocycles. The zero-order valence-corrected chi connectivity index (χ0v) is 18.1. The molecule has 31 heavy (non-hydrogen) atoms. The lowest BCUT2D eigenvalue weighted by Crippen LogP contribution is -2.32. The second kappa shape index (κ2) is 8.67. The second-order valence-corrected chi connectivity index (χ2v) is 7.65. The van der Waals surface area contributed by atoms with E-state index in [1.165, 1.54) is 0 Å². The van der Waals surface area contributed by atoms with Gasteiger partial charge in [-0.05, 0) is 45.3 Å². The highest BCUT2D eigenvalue weighted by atomic mass is 16.5. The molecule has 3 N–H and O–H groups in total. The zero-order chi connectivity index (χ0) is 22.1. The molecule has 0 atom stereocenters. The molecule has 0 aliphatic heterocycles. The van der Waals surface area contributed by atoms with E-state index in [2.05, 4.69) is 30.0 Å². The van der Waals surface area contributed by atoms with Crippen molar-refractivity contribution >= 4 is 32.3 Å². The predicted octanol–water partition coefficient (Wildman–Crippen LogP) is 3.34. The van der Waals surface area contributed by atoms with Crippen LogP contribution < -0.4 is 14.0 Å². The zero-order valence-electron chi connectivity index (χ0n) is 18.1. The number of methoxy groups -OCH3 is 2. The number of benzene rings is 3. The van der Waals surface area contributed by atoms with E-state index in [0.29, 0.717) is 28.2 Å². The quantitative estimate of drug-likeness (QED) is 0.314. The van der Waals surface area contributed by atoms with Crippen molar-refractivity contribution in [2.45, 2.75) is 39.7 Å². The maximum absolute atomic E-state index is 10.3. The van der Waals surface area contributed by atoms with Crippen LogP contribution in [0.1, 0.15) is 30.0 Å². The molecule has 0 fully saturated rings. The van der Waals surface area contributed by atoms with Crippen LogP contribution >= 0.6 is 0 Å². The van der Waals surface area contributed by atoms with E-state index in [4.69, 9.17) is 9.47 Å². The van der Waals surface area contributed by atoms with Gasteiger partial charge < -0.3 is 24.8 Å². The molecule has 0 radical (unpaired) electrons. The summed E-state index contributed by atoms with van der Waals surface area (Å²) in [5.41, 5.74) is 1.86. The van der Waals surface area contributed by atoms with Gasteiger partial charge in [0.05, 0.1) is 39.4 Å². The van der Waals surface area contributed by atoms with Crippen LogP contribution in [0.5, 0.6) is 11.5 Å². The number of fused-ring (bicyclic) bond motifs is 6. The van der Waals surface area contributed by atoms with Gasteiger partial charge in [-0.2, -0.15) is 0 Å². The van der Waals surface area contributed by atoms with E-state index in [-0.39, 0.29) is 19.8 Å². The van der Waals surface area contributed by atoms with Gasteiger partial charge in [-0.15, -0.1) is 0 Å². The number of rotatable bonds is 7. The molecule has 0 saturated carbocycles. The van der Waals surface area contributed by atoms with Gasteiger partial charge in [0.2, 0.25) is 0 Å². The molecule has 162 valence electrons. The van der Waals surface area contributed by atoms with Crippen LogP contribution in [0.3, 0.4) is 0 Å². The molecule has 0 unspecified atom stereocenters. The topological polar surface area (TPSA) is 83.0 Å². The minimum Gasteiger partial charge on any atom is -0.496 e. The molecule has 6 heteroatoms. The Labute approximate surface area is 180 Å². The summed E-state index contributed by atoms with van der Waals surface area (Å²) in [6.45, 7) is 2.38. The molecular weight excluding hydrogens is 394 g/mol. The summed E-state index contributed by atoms with van der Waals surface area (Å²) in [5, 5.41) is 35.9. The van der Waals surface area contributed by atoms with Gasteiger partial charge in [0.1, 0.15) is 18.0 Å². The van der Waals surface area contributed by atoms with Crippen molar-refractivity contribution in [3.05, 3.63) is 53.3 Å². The molecule has 0 spiro atoms. The van der Waals surface area contributed by atoms with Crippen LogP contribution in [-0.2, 0) is 26.4 Å². The molecule has 1 heterocycles. The maximum atomic E-state index is 10.3. The fraction of sp³-hybridized carbons (Fsp3) is 0.320. The van der Waals surface area contributed by atoms with E-state index in [0.717, 1.165) is 45.3 Å². The smallest absolute Gasteiger partial charge is 0.177 e. The van der Waals surface area contributed by atoms with Crippen LogP contribution in [0.2, 0.25) is 0 Å². The Balaban J connectivity index is 2.31. The minimum absolute atomic E-state index is 0.166. The van der Waals surface area contributed by atoms with E-state index in [9.17, 15) is 15.3 Å². The third kappa shape index (κ3) is 3.37. The van der Waals surface area contributed by atoms with Crippen molar-refractivity contribution in [2.24, 2.45) is 0 Å². The number of aryl methyl sites for hydroxylation is 1. The molecule has 6 nitrogen and oxygen atoms in total. The number of hydrogen-bond acceptors (Lipinski definition) is 5. The second-order valence-electron chi connectivity index (χ2n) is 7.65. The third-order valence-electron chi connectivity index (χ3n) is 5.98. The van der Waals surface area contributed by atoms with Crippen molar-refractivity contribution in [2.75, 3.05) is 14.2 Å². The van der Waals surface area contributed by atoms with Gasteiger partial charge in [0.25, 0.3) is 0 Å². The van der Waals surface area contributed by atoms with Gasteiger partial charge in [-0.1, -0.05) is 6.92 Å². The number of nitrogens with zero attached hydrogens (tertiary/aromatic N) is 1. The molecule has 0 amide bonds. The lowest BCUT2D eigenvalue weighted by molar-refractivity contribution is -0.695. The van der Waals surface area contributed by atoms with Gasteiger partial charge in [-0.25, -0.2) is 4.57 Å². The largest absolute Gasteiger partial charge is 0.496 e. The molecule has 4 rings (SSSR count). The van der Waals surface area contributed by atoms with Crippen molar-refractivity contribution < 1.29 is 29.4 Å². The van der Waals surface area contributed by atoms with Crippen LogP contribution in [-0.4, -0.2) is 29.5 Å². The standard InChI is InChI=1S/C25H28NO5/c1-4-6-26-7-5-16-19-10-24(31-3)21(13-28)22(14-29)25(19)18-8-15(12-27)23(30-2)9-17(18)20(16)11-26/h5,7-11,27-29H,4,6,12-14H2,1-3H3/q+1. The van der Waals surface area contributed by atoms with Gasteiger partial charge in [0.15, 0.2) is 12.4 Å². The Kier molecular flexibility index (Phi) is 5.96. The SMILES string of the molecule is CCC[n+]1ccc2c(c1)c1cc(OC)c(CO)cc1c1c(CO)c(CO)c(OC)cc21. The van der Waals surface area contributed by atoms with E-state index < -0.39 is 0 Å². The van der Waals surface area contributed by atoms with Crippen LogP contribution in [0.4, 0.5) is 0 Å². The first-order valence-electron chi connectivity index (χ1n) is 10.4. The van der Waals surface area contributed by atoms with Crippen LogP contribution in [0.25, 0.3) is 32.3 Å². The Morgan fingerprint density at radius 1 is 0.774 bits per heavy atom. The molecule has 0 aliphatic rings. The van der Waals surface area contributed by atoms with Crippen molar-refractivity contribution in [3.8, 4) is 11.5 Å². The summed E-state index contributed by atoms with van der Waals surface area (Å²) in [6, 6.07) is 7.87. The Bertz CT molecular complexity index is 1280. The Morgan fingerprint density at radius 2 is 1.45 bits per heavy atom. The Hall–Kier alpha value is -2.93. The van der Waals surface area contributed by atoms with Crippen molar-refractivity contribution in [1.82, 2.24) is 0 Å². The van der Waals surface area contributed by atoms with Gasteiger partial charge in [0, 0.05) is 29.0 Å². The third-order valence-corrected chi connectivity index (χ3v) is 5.98. The van der Waals surface area contributed by atoms with Crippen molar-refractivity contribution in [1.29, 1.82) is 0 Å². The maximum Gasteiger partial charge on any atom is 0.177 e. The summed E-state index contributed by atoms with van der Waals surface area (Å²) in [6.07, 6.45) is 5.20. The molecular formula is C25H28NO5+. The van der Waals surface area contributed by atoms with Gasteiger partial charge in [-0.3, -0.25) is 0 Å². The van der Waals surface area contributed by atoms with E-state index >= 15 is 0 Å². The highest BCUT2D eigenvalue weighted by molar-refractivity contribution is 6.26. The molecule has 0 bridgehead atoms.